The fourth-order valence-electron chi connectivity index (χ4n) is 1.21. The molecule has 0 aromatic carbocycles. The molecule has 1 unspecified atom stereocenters. The first-order valence-corrected chi connectivity index (χ1v) is 6.49. The number of aliphatic carboxylic acids is 1. The van der Waals surface area contributed by atoms with E-state index in [1.54, 1.807) is 19.1 Å². The standard InChI is InChI=1S/C11H12N2O4S/c1-7(11(14)15)5-18-6-9-12-13-10(17-9)8-3-2-4-16-8/h2-4,7H,5-6H2,1H3,(H,14,15). The molecule has 6 nitrogen and oxygen atoms in total. The molecule has 2 rings (SSSR count). The first-order chi connectivity index (χ1) is 8.66. The van der Waals surface area contributed by atoms with Crippen molar-refractivity contribution < 1.29 is 18.7 Å². The molecule has 7 heteroatoms. The first-order valence-electron chi connectivity index (χ1n) is 5.33. The van der Waals surface area contributed by atoms with E-state index in [-0.39, 0.29) is 5.92 Å². The van der Waals surface area contributed by atoms with Gasteiger partial charge in [0.25, 0.3) is 5.89 Å². The zero-order valence-electron chi connectivity index (χ0n) is 9.70. The van der Waals surface area contributed by atoms with Gasteiger partial charge < -0.3 is 13.9 Å². The van der Waals surface area contributed by atoms with Crippen molar-refractivity contribution in [2.75, 3.05) is 5.75 Å². The highest BCUT2D eigenvalue weighted by atomic mass is 32.2. The predicted octanol–water partition coefficient (Wildman–Crippen LogP) is 2.28. The fraction of sp³-hybridized carbons (Fsp3) is 0.364. The van der Waals surface area contributed by atoms with E-state index in [1.807, 2.05) is 0 Å². The molecule has 0 fully saturated rings. The Kier molecular flexibility index (Phi) is 4.03. The first kappa shape index (κ1) is 12.7. The molecule has 2 aromatic heterocycles. The highest BCUT2D eigenvalue weighted by Gasteiger charge is 2.13. The smallest absolute Gasteiger partial charge is 0.307 e. The summed E-state index contributed by atoms with van der Waals surface area (Å²) in [5, 5.41) is 16.5. The van der Waals surface area contributed by atoms with Gasteiger partial charge in [0, 0.05) is 5.75 Å². The van der Waals surface area contributed by atoms with Crippen LogP contribution in [0.4, 0.5) is 0 Å². The highest BCUT2D eigenvalue weighted by molar-refractivity contribution is 7.98. The van der Waals surface area contributed by atoms with Crippen LogP contribution in [-0.2, 0) is 10.5 Å². The number of thioether (sulfide) groups is 1. The van der Waals surface area contributed by atoms with Crippen LogP contribution in [0.3, 0.4) is 0 Å². The van der Waals surface area contributed by atoms with Crippen LogP contribution in [0.25, 0.3) is 11.7 Å². The van der Waals surface area contributed by atoms with Crippen molar-refractivity contribution >= 4 is 17.7 Å². The van der Waals surface area contributed by atoms with Gasteiger partial charge in [0.2, 0.25) is 5.89 Å². The van der Waals surface area contributed by atoms with Crippen molar-refractivity contribution in [1.29, 1.82) is 0 Å². The molecular formula is C11H12N2O4S. The van der Waals surface area contributed by atoms with Crippen molar-refractivity contribution in [2.24, 2.45) is 5.92 Å². The quantitative estimate of drug-likeness (QED) is 0.859. The molecule has 18 heavy (non-hydrogen) atoms. The van der Waals surface area contributed by atoms with E-state index < -0.39 is 5.97 Å². The second-order valence-electron chi connectivity index (χ2n) is 3.73. The Morgan fingerprint density at radius 2 is 2.39 bits per heavy atom. The molecule has 1 atom stereocenters. The number of hydrogen-bond donors (Lipinski definition) is 1. The average molecular weight is 268 g/mol. The molecule has 1 N–H and O–H groups in total. The van der Waals surface area contributed by atoms with E-state index in [4.69, 9.17) is 13.9 Å². The van der Waals surface area contributed by atoms with Crippen LogP contribution < -0.4 is 0 Å². The third kappa shape index (κ3) is 3.13. The van der Waals surface area contributed by atoms with Gasteiger partial charge in [0.05, 0.1) is 17.9 Å². The lowest BCUT2D eigenvalue weighted by atomic mass is 10.2. The summed E-state index contributed by atoms with van der Waals surface area (Å²) in [5.74, 6) is 1.13. The third-order valence-electron chi connectivity index (χ3n) is 2.21. The second kappa shape index (κ2) is 5.72. The second-order valence-corrected chi connectivity index (χ2v) is 4.76. The number of furan rings is 1. The zero-order chi connectivity index (χ0) is 13.0. The zero-order valence-corrected chi connectivity index (χ0v) is 10.5. The molecule has 0 amide bonds. The molecule has 0 aliphatic carbocycles. The molecule has 2 heterocycles. The molecule has 2 aromatic rings. The van der Waals surface area contributed by atoms with E-state index in [2.05, 4.69) is 10.2 Å². The molecule has 0 saturated heterocycles. The van der Waals surface area contributed by atoms with E-state index >= 15 is 0 Å². The molecule has 0 aliphatic rings. The Labute approximate surface area is 107 Å². The normalized spacial score (nSPS) is 12.5. The van der Waals surface area contributed by atoms with Crippen LogP contribution in [-0.4, -0.2) is 27.0 Å². The maximum atomic E-state index is 10.6. The van der Waals surface area contributed by atoms with Crippen molar-refractivity contribution in [3.63, 3.8) is 0 Å². The van der Waals surface area contributed by atoms with Gasteiger partial charge in [-0.15, -0.1) is 10.2 Å². The van der Waals surface area contributed by atoms with Crippen molar-refractivity contribution in [1.82, 2.24) is 10.2 Å². The Morgan fingerprint density at radius 1 is 1.56 bits per heavy atom. The minimum Gasteiger partial charge on any atom is -0.481 e. The molecule has 0 aliphatic heterocycles. The van der Waals surface area contributed by atoms with E-state index in [0.717, 1.165) is 0 Å². The number of carboxylic acid groups (broad SMARTS) is 1. The highest BCUT2D eigenvalue weighted by Crippen LogP contribution is 2.20. The summed E-state index contributed by atoms with van der Waals surface area (Å²) in [6.07, 6.45) is 1.53. The maximum Gasteiger partial charge on any atom is 0.307 e. The van der Waals surface area contributed by atoms with Crippen molar-refractivity contribution in [3.05, 3.63) is 24.3 Å². The maximum absolute atomic E-state index is 10.6. The Balaban J connectivity index is 1.86. The van der Waals surface area contributed by atoms with Crippen LogP contribution >= 0.6 is 11.8 Å². The summed E-state index contributed by atoms with van der Waals surface area (Å²) in [4.78, 5) is 10.6. The number of hydrogen-bond acceptors (Lipinski definition) is 6. The lowest BCUT2D eigenvalue weighted by molar-refractivity contribution is -0.140. The van der Waals surface area contributed by atoms with Gasteiger partial charge in [0.1, 0.15) is 0 Å². The van der Waals surface area contributed by atoms with E-state index in [1.165, 1.54) is 18.0 Å². The van der Waals surface area contributed by atoms with Crippen LogP contribution in [0, 0.1) is 5.92 Å². The van der Waals surface area contributed by atoms with Crippen LogP contribution in [0.5, 0.6) is 0 Å². The summed E-state index contributed by atoms with van der Waals surface area (Å²) in [6.45, 7) is 1.66. The van der Waals surface area contributed by atoms with Crippen LogP contribution in [0.2, 0.25) is 0 Å². The summed E-state index contributed by atoms with van der Waals surface area (Å²) >= 11 is 1.45. The lowest BCUT2D eigenvalue weighted by Gasteiger charge is -2.02. The number of nitrogens with zero attached hydrogens (tertiary/aromatic N) is 2. The molecule has 0 radical (unpaired) electrons. The summed E-state index contributed by atoms with van der Waals surface area (Å²) in [5.41, 5.74) is 0. The Hall–Kier alpha value is -1.76. The Morgan fingerprint density at radius 3 is 3.06 bits per heavy atom. The van der Waals surface area contributed by atoms with Gasteiger partial charge in [-0.05, 0) is 12.1 Å². The molecule has 96 valence electrons. The SMILES string of the molecule is CC(CSCc1nnc(-c2ccco2)o1)C(=O)O. The lowest BCUT2D eigenvalue weighted by Crippen LogP contribution is -2.11. The minimum absolute atomic E-state index is 0.335. The number of carboxylic acids is 1. The molecule has 0 spiro atoms. The van der Waals surface area contributed by atoms with E-state index in [0.29, 0.717) is 29.0 Å². The van der Waals surface area contributed by atoms with Crippen molar-refractivity contribution in [3.8, 4) is 11.7 Å². The largest absolute Gasteiger partial charge is 0.481 e. The Bertz CT molecular complexity index is 509. The van der Waals surface area contributed by atoms with E-state index in [9.17, 15) is 4.79 Å². The summed E-state index contributed by atoms with van der Waals surface area (Å²) in [6, 6.07) is 3.47. The molecule has 0 saturated carbocycles. The van der Waals surface area contributed by atoms with Gasteiger partial charge in [-0.3, -0.25) is 4.79 Å². The number of rotatable bonds is 6. The topological polar surface area (TPSA) is 89.4 Å². The van der Waals surface area contributed by atoms with Gasteiger partial charge >= 0.3 is 5.97 Å². The monoisotopic (exact) mass is 268 g/mol. The van der Waals surface area contributed by atoms with Crippen LogP contribution in [0.1, 0.15) is 12.8 Å². The van der Waals surface area contributed by atoms with Gasteiger partial charge in [-0.1, -0.05) is 6.92 Å². The summed E-state index contributed by atoms with van der Waals surface area (Å²) < 4.78 is 10.5. The van der Waals surface area contributed by atoms with Gasteiger partial charge in [-0.2, -0.15) is 11.8 Å². The minimum atomic E-state index is -0.802. The summed E-state index contributed by atoms with van der Waals surface area (Å²) in [7, 11) is 0. The fourth-order valence-corrected chi connectivity index (χ4v) is 2.11. The van der Waals surface area contributed by atoms with Gasteiger partial charge in [0.15, 0.2) is 5.76 Å². The molecule has 0 bridgehead atoms. The number of aromatic nitrogens is 2. The van der Waals surface area contributed by atoms with Crippen molar-refractivity contribution in [2.45, 2.75) is 12.7 Å². The predicted molar refractivity (Wildman–Crippen MR) is 65.0 cm³/mol. The molecular weight excluding hydrogens is 256 g/mol. The third-order valence-corrected chi connectivity index (χ3v) is 3.40. The van der Waals surface area contributed by atoms with Crippen LogP contribution in [0.15, 0.2) is 27.2 Å². The average Bonchev–Trinajstić information content (AvgIpc) is 2.98. The number of carbonyl (C=O) groups is 1. The van der Waals surface area contributed by atoms with Gasteiger partial charge in [-0.25, -0.2) is 0 Å².